The number of rotatable bonds is 12. The Balaban J connectivity index is 1.76. The Morgan fingerprint density at radius 1 is 1.04 bits per heavy atom. The molecule has 6 nitrogen and oxygen atoms in total. The van der Waals surface area contributed by atoms with E-state index in [4.69, 9.17) is 35.6 Å². The summed E-state index contributed by atoms with van der Waals surface area (Å²) < 4.78 is 343. The zero-order chi connectivity index (χ0) is 64.9. The number of amides is 1. The van der Waals surface area contributed by atoms with Gasteiger partial charge in [0, 0.05) is 75.5 Å². The Labute approximate surface area is 352 Å². The number of nitrogens with zero attached hydrogens (tertiary/aromatic N) is 3. The first-order valence-electron chi connectivity index (χ1n) is 30.0. The quantitative estimate of drug-likeness (QED) is 0.0938. The van der Waals surface area contributed by atoms with Gasteiger partial charge < -0.3 is 19.1 Å². The molecule has 6 rings (SSSR count). The average molecular weight is 781 g/mol. The van der Waals surface area contributed by atoms with E-state index in [2.05, 4.69) is 4.74 Å². The van der Waals surface area contributed by atoms with E-state index in [1.165, 1.54) is 0 Å². The van der Waals surface area contributed by atoms with E-state index in [9.17, 15) is 29.2 Å². The Morgan fingerprint density at radius 3 is 2.42 bits per heavy atom. The fourth-order valence-corrected chi connectivity index (χ4v) is 5.38. The van der Waals surface area contributed by atoms with Gasteiger partial charge in [-0.25, -0.2) is 8.78 Å². The molecule has 2 heterocycles. The third kappa shape index (κ3) is 9.17. The second-order valence-electron chi connectivity index (χ2n) is 10.4. The molecule has 1 fully saturated rings. The van der Waals surface area contributed by atoms with Gasteiger partial charge >= 0.3 is 6.18 Å². The first-order chi connectivity index (χ1) is 37.7. The molecule has 0 aliphatic carbocycles. The van der Waals surface area contributed by atoms with Crippen LogP contribution in [0.2, 0.25) is 0 Å². The van der Waals surface area contributed by atoms with Crippen molar-refractivity contribution < 1.29 is 74.0 Å². The molecule has 1 aliphatic rings. The molecular formula is C41H40F5N3O3S. The lowest BCUT2D eigenvalue weighted by molar-refractivity contribution is -0.137. The molecule has 0 saturated carbocycles. The number of thioether (sulfide) groups is 1. The van der Waals surface area contributed by atoms with E-state index < -0.39 is 250 Å². The van der Waals surface area contributed by atoms with Gasteiger partial charge in [-0.2, -0.15) is 13.2 Å². The van der Waals surface area contributed by atoms with Gasteiger partial charge in [-0.3, -0.25) is 9.59 Å². The number of benzene rings is 4. The molecule has 1 amide bonds. The molecule has 4 aromatic carbocycles. The molecule has 1 aliphatic heterocycles. The largest absolute Gasteiger partial charge is 0.416 e. The summed E-state index contributed by atoms with van der Waals surface area (Å²) >= 11 is -0.00521. The minimum atomic E-state index is -5.56. The second-order valence-corrected chi connectivity index (χ2v) is 11.4. The number of alkyl halides is 3. The normalized spacial score (nSPS) is 27.8. The van der Waals surface area contributed by atoms with Crippen molar-refractivity contribution >= 4 is 28.6 Å². The molecule has 53 heavy (non-hydrogen) atoms. The number of methoxy groups -OCH3 is 1. The minimum absolute atomic E-state index is 0.00521. The van der Waals surface area contributed by atoms with Gasteiger partial charge in [0.2, 0.25) is 5.91 Å². The number of pyridine rings is 1. The smallest absolute Gasteiger partial charge is 0.383 e. The fraction of sp³-hybridized carbons (Fsp3) is 0.317. The van der Waals surface area contributed by atoms with Gasteiger partial charge in [-0.05, 0) is 66.6 Å². The van der Waals surface area contributed by atoms with Crippen molar-refractivity contribution in [3.63, 3.8) is 0 Å². The monoisotopic (exact) mass is 780 g/mol. The third-order valence-electron chi connectivity index (χ3n) is 6.87. The van der Waals surface area contributed by atoms with Crippen LogP contribution in [0, 0.1) is 18.6 Å². The molecule has 0 atom stereocenters. The molecule has 12 heteroatoms. The predicted octanol–water partition coefficient (Wildman–Crippen LogP) is 8.71. The summed E-state index contributed by atoms with van der Waals surface area (Å²) in [5, 5.41) is -2.04. The summed E-state index contributed by atoms with van der Waals surface area (Å²) in [6, 6.07) is -26.0. The highest BCUT2D eigenvalue weighted by atomic mass is 32.2. The number of halogens is 5. The minimum Gasteiger partial charge on any atom is -0.383 e. The van der Waals surface area contributed by atoms with E-state index in [0.717, 1.165) is 6.92 Å². The zero-order valence-corrected chi connectivity index (χ0v) is 27.3. The van der Waals surface area contributed by atoms with Gasteiger partial charge in [0.1, 0.15) is 6.54 Å². The molecule has 1 saturated heterocycles. The Hall–Kier alpha value is -4.52. The number of likely N-dealkylation sites (tertiary alicyclic amines) is 1. The molecule has 0 N–H and O–H groups in total. The van der Waals surface area contributed by atoms with Crippen LogP contribution < -0.4 is 5.43 Å². The lowest BCUT2D eigenvalue weighted by atomic mass is 10.00. The summed E-state index contributed by atoms with van der Waals surface area (Å²) in [7, 11) is -3.98. The maximum atomic E-state index is 15.7. The number of carbonyl (C=O) groups excluding carboxylic acids is 1. The summed E-state index contributed by atoms with van der Waals surface area (Å²) in [6.07, 6.45) is -15.4. The van der Waals surface area contributed by atoms with Gasteiger partial charge in [-0.15, -0.1) is 11.8 Å². The van der Waals surface area contributed by atoms with E-state index in [-0.39, 0.29) is 11.8 Å². The summed E-state index contributed by atoms with van der Waals surface area (Å²) in [4.78, 5) is 28.1. The maximum Gasteiger partial charge on any atom is 0.416 e. The van der Waals surface area contributed by atoms with Crippen LogP contribution in [0.3, 0.4) is 0 Å². The number of piperidine rings is 1. The van der Waals surface area contributed by atoms with Crippen molar-refractivity contribution in [2.45, 2.75) is 55.7 Å². The van der Waals surface area contributed by atoms with Crippen LogP contribution in [0.25, 0.3) is 22.0 Å². The van der Waals surface area contributed by atoms with Crippen LogP contribution in [0.1, 0.15) is 77.5 Å². The SMILES string of the molecule is [2H]c1c([2H])c(F)c(F)c(CSc2c([2H])c(=O)c3c([2H])c(C)c([2H])c([2H])c3n2CC(=O)N(Cc2c([2H])c([2H])c(-c3c([2H])c([2H])c(C(F)(F)F)c([2H])c3[2H])c([2H])c2[2H])C2([2H])C([2H])([2H])C([2H])([2H])N(C([2H])([2H])C([2H])([2H])OC([2H])([2H])[2H])C([2H])([2H])C2([2H])[2H])c1[2H]. The van der Waals surface area contributed by atoms with E-state index in [1.54, 1.807) is 0 Å². The number of ether oxygens (including phenoxy) is 1. The highest BCUT2D eigenvalue weighted by Crippen LogP contribution is 2.32. The van der Waals surface area contributed by atoms with Crippen molar-refractivity contribution in [2.75, 3.05) is 33.1 Å². The summed E-state index contributed by atoms with van der Waals surface area (Å²) in [5.74, 6) is -7.30. The van der Waals surface area contributed by atoms with E-state index >= 15 is 9.18 Å². The average Bonchev–Trinajstić information content (AvgIpc) is 0.766. The molecule has 278 valence electrons. The standard InChI is InChI=1S/C41H40F5N3O3S/c1-27-6-15-36-34(22-27)37(50)23-39(53-26-31-4-3-5-35(42)40(31)43)49(36)25-38(51)48(33-16-18-47(19-17-33)20-21-52-2)24-28-7-9-29(10-8-28)30-11-13-32(14-12-30)41(44,45)46/h3-15,22-23,33H,16-21,24-26H2,1-2H3/i2D3,3D,4D,5D,6D,7D,8D,9D,10D,11D,12D,13D,14D,15D,16D2,17D2,18D2,19D2,20D2,21D2,22D,23D,33D. The molecule has 0 unspecified atom stereocenters. The topological polar surface area (TPSA) is 54.8 Å². The number of hydrogen-bond donors (Lipinski definition) is 0. The van der Waals surface area contributed by atoms with Crippen LogP contribution >= 0.6 is 11.8 Å². The van der Waals surface area contributed by atoms with Crippen molar-refractivity contribution in [1.29, 1.82) is 0 Å². The lowest BCUT2D eigenvalue weighted by Crippen LogP contribution is -2.48. The molecule has 0 spiro atoms. The van der Waals surface area contributed by atoms with Gasteiger partial charge in [-0.1, -0.05) is 59.9 Å². The molecule has 0 radical (unpaired) electrons. The van der Waals surface area contributed by atoms with Gasteiger partial charge in [0.25, 0.3) is 0 Å². The molecule has 1 aromatic heterocycles. The fourth-order valence-electron chi connectivity index (χ4n) is 4.43. The highest BCUT2D eigenvalue weighted by molar-refractivity contribution is 7.98. The van der Waals surface area contributed by atoms with Crippen LogP contribution in [0.15, 0.2) is 100 Å². The molecular weight excluding hydrogens is 710 g/mol. The summed E-state index contributed by atoms with van der Waals surface area (Å²) in [6.45, 7) is -21.9. The van der Waals surface area contributed by atoms with E-state index in [0.29, 0.717) is 4.57 Å². The van der Waals surface area contributed by atoms with Gasteiger partial charge in [0.15, 0.2) is 17.1 Å². The van der Waals surface area contributed by atoms with Crippen LogP contribution in [0.5, 0.6) is 0 Å². The number of aromatic nitrogens is 1. The van der Waals surface area contributed by atoms with Crippen molar-refractivity contribution in [2.24, 2.45) is 0 Å². The molecule has 0 bridgehead atoms. The number of carbonyl (C=O) groups is 1. The summed E-state index contributed by atoms with van der Waals surface area (Å²) in [5.41, 5.74) is -10.2. The van der Waals surface area contributed by atoms with Crippen LogP contribution in [0.4, 0.5) is 22.0 Å². The van der Waals surface area contributed by atoms with Crippen LogP contribution in [-0.2, 0) is 34.6 Å². The maximum absolute atomic E-state index is 15.7. The van der Waals surface area contributed by atoms with Crippen molar-refractivity contribution in [3.05, 3.63) is 135 Å². The van der Waals surface area contributed by atoms with Crippen molar-refractivity contribution in [3.8, 4) is 11.1 Å². The Bertz CT molecular complexity index is 3570. The number of hydrogen-bond acceptors (Lipinski definition) is 5. The number of fused-ring (bicyclic) bond motifs is 1. The zero-order valence-electron chi connectivity index (χ0n) is 57.5. The van der Waals surface area contributed by atoms with Crippen molar-refractivity contribution in [1.82, 2.24) is 14.4 Å². The molecule has 5 aromatic rings. The lowest BCUT2D eigenvalue weighted by Gasteiger charge is -2.39. The Kier molecular flexibility index (Phi) is 4.81. The highest BCUT2D eigenvalue weighted by Gasteiger charge is 2.31. The predicted molar refractivity (Wildman–Crippen MR) is 198 cm³/mol. The van der Waals surface area contributed by atoms with Gasteiger partial charge in [0.05, 0.1) is 51.5 Å². The Morgan fingerprint density at radius 2 is 1.74 bits per heavy atom. The first kappa shape index (κ1) is 15.3. The first-order valence-corrected chi connectivity index (χ1v) is 15.5. The second kappa shape index (κ2) is 16.7. The third-order valence-corrected chi connectivity index (χ3v) is 7.90. The van der Waals surface area contributed by atoms with Crippen LogP contribution in [-0.4, -0.2) is 59.4 Å². The van der Waals surface area contributed by atoms with E-state index in [1.807, 2.05) is 0 Å².